The van der Waals surface area contributed by atoms with E-state index < -0.39 is 5.67 Å². The topological polar surface area (TPSA) is 80.3 Å². The van der Waals surface area contributed by atoms with Crippen molar-refractivity contribution in [3.63, 3.8) is 0 Å². The van der Waals surface area contributed by atoms with Gasteiger partial charge in [-0.3, -0.25) is 13.9 Å². The summed E-state index contributed by atoms with van der Waals surface area (Å²) in [6.45, 7) is 6.00. The van der Waals surface area contributed by atoms with Crippen LogP contribution in [0.2, 0.25) is 0 Å². The lowest BCUT2D eigenvalue weighted by molar-refractivity contribution is 0.0566. The number of methoxy groups -OCH3 is 1. The molecule has 0 spiro atoms. The SMILES string of the molecule is CCn1c(=O)c2c(nc(/C=C/c3ccc(OC4CCC(C)(F)CC4)c(OC)c3)n2C)n(CC)c1=O. The van der Waals surface area contributed by atoms with Crippen molar-refractivity contribution in [3.8, 4) is 11.5 Å². The van der Waals surface area contributed by atoms with Gasteiger partial charge in [0, 0.05) is 20.1 Å². The quantitative estimate of drug-likeness (QED) is 0.503. The molecule has 1 aliphatic carbocycles. The van der Waals surface area contributed by atoms with Gasteiger partial charge in [-0.1, -0.05) is 12.1 Å². The average Bonchev–Trinajstić information content (AvgIpc) is 3.16. The minimum atomic E-state index is -1.11. The third kappa shape index (κ3) is 4.76. The molecule has 4 rings (SSSR count). The molecule has 0 amide bonds. The number of rotatable bonds is 7. The summed E-state index contributed by atoms with van der Waals surface area (Å²) < 4.78 is 30.2. The third-order valence-corrected chi connectivity index (χ3v) is 6.79. The normalized spacial score (nSPS) is 20.6. The Balaban J connectivity index is 1.62. The van der Waals surface area contributed by atoms with Gasteiger partial charge in [-0.05, 0) is 70.2 Å². The molecule has 8 nitrogen and oxygen atoms in total. The fourth-order valence-corrected chi connectivity index (χ4v) is 4.64. The van der Waals surface area contributed by atoms with Crippen LogP contribution in [0.1, 0.15) is 57.8 Å². The smallest absolute Gasteiger partial charge is 0.332 e. The molecule has 188 valence electrons. The lowest BCUT2D eigenvalue weighted by Gasteiger charge is -2.31. The van der Waals surface area contributed by atoms with Crippen LogP contribution in [0.3, 0.4) is 0 Å². The molecule has 1 aromatic carbocycles. The zero-order valence-electron chi connectivity index (χ0n) is 21.0. The van der Waals surface area contributed by atoms with Crippen LogP contribution in [-0.4, -0.2) is 37.6 Å². The van der Waals surface area contributed by atoms with E-state index in [0.717, 1.165) is 5.56 Å². The molecule has 1 fully saturated rings. The molecule has 2 heterocycles. The van der Waals surface area contributed by atoms with E-state index in [1.54, 1.807) is 38.6 Å². The summed E-state index contributed by atoms with van der Waals surface area (Å²) in [5.41, 5.74) is -0.163. The van der Waals surface area contributed by atoms with Gasteiger partial charge in [0.15, 0.2) is 22.7 Å². The van der Waals surface area contributed by atoms with Gasteiger partial charge in [0.1, 0.15) is 11.5 Å². The number of ether oxygens (including phenoxy) is 2. The van der Waals surface area contributed by atoms with Crippen molar-refractivity contribution in [3.05, 3.63) is 50.4 Å². The summed E-state index contributed by atoms with van der Waals surface area (Å²) in [6.07, 6.45) is 5.98. The van der Waals surface area contributed by atoms with Crippen LogP contribution in [0.4, 0.5) is 4.39 Å². The highest BCUT2D eigenvalue weighted by Gasteiger charge is 2.31. The number of hydrogen-bond donors (Lipinski definition) is 0. The van der Waals surface area contributed by atoms with E-state index in [1.807, 2.05) is 31.2 Å². The molecule has 0 aliphatic heterocycles. The van der Waals surface area contributed by atoms with Crippen molar-refractivity contribution in [2.75, 3.05) is 7.11 Å². The maximum atomic E-state index is 14.1. The van der Waals surface area contributed by atoms with Crippen molar-refractivity contribution < 1.29 is 13.9 Å². The van der Waals surface area contributed by atoms with Gasteiger partial charge in [0.25, 0.3) is 5.56 Å². The summed E-state index contributed by atoms with van der Waals surface area (Å²) >= 11 is 0. The first-order valence-electron chi connectivity index (χ1n) is 12.1. The predicted molar refractivity (Wildman–Crippen MR) is 135 cm³/mol. The molecular weight excluding hydrogens is 451 g/mol. The first-order valence-corrected chi connectivity index (χ1v) is 12.1. The Hall–Kier alpha value is -3.36. The monoisotopic (exact) mass is 484 g/mol. The van der Waals surface area contributed by atoms with Gasteiger partial charge in [-0.15, -0.1) is 0 Å². The van der Waals surface area contributed by atoms with Crippen LogP contribution in [0.25, 0.3) is 23.3 Å². The standard InChI is InChI=1S/C26H33FN4O4/c1-6-30-23-22(24(32)31(7-2)25(30)33)29(4)21(28-23)11-9-17-8-10-19(20(16-17)34-5)35-18-12-14-26(3,27)15-13-18/h8-11,16,18H,6-7,12-15H2,1-5H3/b11-9+. The molecule has 3 aromatic rings. The Labute approximate surface area is 203 Å². The second-order valence-corrected chi connectivity index (χ2v) is 9.25. The summed E-state index contributed by atoms with van der Waals surface area (Å²) in [4.78, 5) is 30.1. The second-order valence-electron chi connectivity index (χ2n) is 9.25. The van der Waals surface area contributed by atoms with Crippen LogP contribution in [0, 0.1) is 0 Å². The van der Waals surface area contributed by atoms with Gasteiger partial charge in [0.2, 0.25) is 0 Å². The number of benzene rings is 1. The molecular formula is C26H33FN4O4. The maximum Gasteiger partial charge on any atom is 0.332 e. The Morgan fingerprint density at radius 2 is 1.80 bits per heavy atom. The molecule has 1 saturated carbocycles. The Bertz CT molecular complexity index is 1370. The van der Waals surface area contributed by atoms with Gasteiger partial charge < -0.3 is 14.0 Å². The minimum absolute atomic E-state index is 0.0301. The van der Waals surface area contributed by atoms with E-state index in [4.69, 9.17) is 9.47 Å². The number of alkyl halides is 1. The molecule has 0 unspecified atom stereocenters. The Kier molecular flexibility index (Phi) is 6.87. The number of aryl methyl sites for hydroxylation is 2. The van der Waals surface area contributed by atoms with E-state index in [0.29, 0.717) is 67.3 Å². The minimum Gasteiger partial charge on any atom is -0.493 e. The predicted octanol–water partition coefficient (Wildman–Crippen LogP) is 4.17. The van der Waals surface area contributed by atoms with Gasteiger partial charge >= 0.3 is 5.69 Å². The average molecular weight is 485 g/mol. The fourth-order valence-electron chi connectivity index (χ4n) is 4.64. The highest BCUT2D eigenvalue weighted by Crippen LogP contribution is 2.36. The first kappa shape index (κ1) is 24.8. The fraction of sp³-hybridized carbons (Fsp3) is 0.500. The molecule has 0 radical (unpaired) electrons. The first-order chi connectivity index (χ1) is 16.7. The number of nitrogens with zero attached hydrogens (tertiary/aromatic N) is 4. The zero-order chi connectivity index (χ0) is 25.3. The summed E-state index contributed by atoms with van der Waals surface area (Å²) in [5.74, 6) is 1.78. The van der Waals surface area contributed by atoms with Crippen molar-refractivity contribution in [1.29, 1.82) is 0 Å². The summed E-state index contributed by atoms with van der Waals surface area (Å²) in [7, 11) is 3.36. The molecule has 9 heteroatoms. The van der Waals surface area contributed by atoms with Crippen molar-refractivity contribution in [1.82, 2.24) is 18.7 Å². The third-order valence-electron chi connectivity index (χ3n) is 6.79. The molecule has 0 N–H and O–H groups in total. The number of aromatic nitrogens is 4. The van der Waals surface area contributed by atoms with Gasteiger partial charge in [-0.25, -0.2) is 14.2 Å². The molecule has 2 aromatic heterocycles. The molecule has 0 bridgehead atoms. The van der Waals surface area contributed by atoms with E-state index >= 15 is 0 Å². The van der Waals surface area contributed by atoms with Crippen LogP contribution in [0.5, 0.6) is 11.5 Å². The Morgan fingerprint density at radius 3 is 2.43 bits per heavy atom. The van der Waals surface area contributed by atoms with Gasteiger partial charge in [0.05, 0.1) is 13.2 Å². The van der Waals surface area contributed by atoms with E-state index in [9.17, 15) is 14.0 Å². The molecule has 0 saturated heterocycles. The summed E-state index contributed by atoms with van der Waals surface area (Å²) in [5, 5.41) is 0. The van der Waals surface area contributed by atoms with Crippen LogP contribution in [0.15, 0.2) is 27.8 Å². The molecule has 1 aliphatic rings. The lowest BCUT2D eigenvalue weighted by Crippen LogP contribution is -2.39. The zero-order valence-corrected chi connectivity index (χ0v) is 21.0. The van der Waals surface area contributed by atoms with E-state index in [1.165, 1.54) is 9.13 Å². The van der Waals surface area contributed by atoms with Crippen molar-refractivity contribution in [2.45, 2.75) is 71.3 Å². The van der Waals surface area contributed by atoms with Crippen molar-refractivity contribution >= 4 is 23.3 Å². The van der Waals surface area contributed by atoms with E-state index in [2.05, 4.69) is 4.98 Å². The van der Waals surface area contributed by atoms with Crippen LogP contribution >= 0.6 is 0 Å². The Morgan fingerprint density at radius 1 is 1.11 bits per heavy atom. The largest absolute Gasteiger partial charge is 0.493 e. The van der Waals surface area contributed by atoms with Gasteiger partial charge in [-0.2, -0.15) is 0 Å². The maximum absolute atomic E-state index is 14.1. The highest BCUT2D eigenvalue weighted by atomic mass is 19.1. The van der Waals surface area contributed by atoms with Crippen LogP contribution < -0.4 is 20.7 Å². The second kappa shape index (κ2) is 9.71. The number of imidazole rings is 1. The number of hydrogen-bond acceptors (Lipinski definition) is 5. The molecule has 35 heavy (non-hydrogen) atoms. The van der Waals surface area contributed by atoms with E-state index in [-0.39, 0.29) is 17.4 Å². The van der Waals surface area contributed by atoms with Crippen LogP contribution in [-0.2, 0) is 20.1 Å². The highest BCUT2D eigenvalue weighted by molar-refractivity contribution is 5.77. The summed E-state index contributed by atoms with van der Waals surface area (Å²) in [6, 6.07) is 5.62. The number of halogens is 1. The van der Waals surface area contributed by atoms with Crippen molar-refractivity contribution in [2.24, 2.45) is 7.05 Å². The number of fused-ring (bicyclic) bond motifs is 1. The molecule has 0 atom stereocenters. The lowest BCUT2D eigenvalue weighted by atomic mass is 9.86.